The summed E-state index contributed by atoms with van der Waals surface area (Å²) in [7, 11) is 1.49. The van der Waals surface area contributed by atoms with E-state index in [1.54, 1.807) is 0 Å². The van der Waals surface area contributed by atoms with Gasteiger partial charge in [0.25, 0.3) is 5.69 Å². The molecule has 0 aliphatic heterocycles. The standard InChI is InChI=1S/C15H17NO5/c1-20-11-5-4-10(16(18)19)8-12(11)21-14-9-13(17)15(14)6-2-3-7-15/h4-5,8,14H,2-3,6-7,9H2,1H3. The van der Waals surface area contributed by atoms with Crippen LogP contribution in [-0.4, -0.2) is 23.9 Å². The van der Waals surface area contributed by atoms with Gasteiger partial charge in [-0.15, -0.1) is 0 Å². The smallest absolute Gasteiger partial charge is 0.273 e. The monoisotopic (exact) mass is 291 g/mol. The predicted molar refractivity (Wildman–Crippen MR) is 74.6 cm³/mol. The lowest BCUT2D eigenvalue weighted by Gasteiger charge is -2.44. The molecular formula is C15H17NO5. The Morgan fingerprint density at radius 1 is 1.29 bits per heavy atom. The molecule has 2 saturated carbocycles. The highest BCUT2D eigenvalue weighted by atomic mass is 16.6. The molecule has 112 valence electrons. The number of hydrogen-bond donors (Lipinski definition) is 0. The third kappa shape index (κ3) is 2.14. The summed E-state index contributed by atoms with van der Waals surface area (Å²) in [6.45, 7) is 0. The molecule has 0 saturated heterocycles. The summed E-state index contributed by atoms with van der Waals surface area (Å²) < 4.78 is 11.1. The minimum Gasteiger partial charge on any atom is -0.493 e. The third-order valence-electron chi connectivity index (χ3n) is 4.67. The Morgan fingerprint density at radius 2 is 2.00 bits per heavy atom. The molecule has 0 heterocycles. The fourth-order valence-corrected chi connectivity index (χ4v) is 3.40. The zero-order valence-electron chi connectivity index (χ0n) is 11.8. The van der Waals surface area contributed by atoms with Crippen LogP contribution in [0, 0.1) is 15.5 Å². The molecule has 0 aromatic heterocycles. The Morgan fingerprint density at radius 3 is 2.57 bits per heavy atom. The number of ether oxygens (including phenoxy) is 2. The predicted octanol–water partition coefficient (Wildman–Crippen LogP) is 2.88. The lowest BCUT2D eigenvalue weighted by molar-refractivity contribution is -0.385. The van der Waals surface area contributed by atoms with Crippen LogP contribution in [0.1, 0.15) is 32.1 Å². The molecule has 1 atom stereocenters. The van der Waals surface area contributed by atoms with Crippen molar-refractivity contribution in [1.29, 1.82) is 0 Å². The highest BCUT2D eigenvalue weighted by Gasteiger charge is 2.57. The molecule has 0 amide bonds. The van der Waals surface area contributed by atoms with Crippen LogP contribution in [0.5, 0.6) is 11.5 Å². The number of benzene rings is 1. The molecule has 1 unspecified atom stereocenters. The second kappa shape index (κ2) is 5.02. The third-order valence-corrected chi connectivity index (χ3v) is 4.67. The van der Waals surface area contributed by atoms with E-state index in [1.807, 2.05) is 0 Å². The Balaban J connectivity index is 1.86. The number of non-ortho nitro benzene ring substituents is 1. The van der Waals surface area contributed by atoms with Gasteiger partial charge < -0.3 is 9.47 Å². The number of nitro benzene ring substituents is 1. The topological polar surface area (TPSA) is 78.7 Å². The lowest BCUT2D eigenvalue weighted by atomic mass is 9.63. The van der Waals surface area contributed by atoms with Gasteiger partial charge >= 0.3 is 0 Å². The molecule has 1 aromatic carbocycles. The Hall–Kier alpha value is -2.11. The van der Waals surface area contributed by atoms with Gasteiger partial charge in [-0.2, -0.15) is 0 Å². The summed E-state index contributed by atoms with van der Waals surface area (Å²) >= 11 is 0. The summed E-state index contributed by atoms with van der Waals surface area (Å²) in [4.78, 5) is 22.4. The fourth-order valence-electron chi connectivity index (χ4n) is 3.40. The van der Waals surface area contributed by atoms with Gasteiger partial charge in [0.2, 0.25) is 0 Å². The number of hydrogen-bond acceptors (Lipinski definition) is 5. The van der Waals surface area contributed by atoms with E-state index in [4.69, 9.17) is 9.47 Å². The molecule has 6 nitrogen and oxygen atoms in total. The average Bonchev–Trinajstić information content (AvgIpc) is 2.99. The minimum atomic E-state index is -0.469. The molecule has 6 heteroatoms. The van der Waals surface area contributed by atoms with Gasteiger partial charge in [-0.3, -0.25) is 14.9 Å². The highest BCUT2D eigenvalue weighted by molar-refractivity contribution is 5.92. The lowest BCUT2D eigenvalue weighted by Crippen LogP contribution is -2.55. The van der Waals surface area contributed by atoms with Crippen molar-refractivity contribution in [2.45, 2.75) is 38.2 Å². The molecule has 3 rings (SSSR count). The molecule has 0 bridgehead atoms. The van der Waals surface area contributed by atoms with E-state index in [0.29, 0.717) is 17.9 Å². The van der Waals surface area contributed by atoms with Gasteiger partial charge in [-0.25, -0.2) is 0 Å². The summed E-state index contributed by atoms with van der Waals surface area (Å²) in [5, 5.41) is 10.9. The summed E-state index contributed by atoms with van der Waals surface area (Å²) in [6, 6.07) is 4.27. The van der Waals surface area contributed by atoms with Crippen molar-refractivity contribution in [2.24, 2.45) is 5.41 Å². The number of methoxy groups -OCH3 is 1. The van der Waals surface area contributed by atoms with Crippen molar-refractivity contribution in [3.05, 3.63) is 28.3 Å². The summed E-state index contributed by atoms with van der Waals surface area (Å²) in [6.07, 6.45) is 3.98. The van der Waals surface area contributed by atoms with Crippen molar-refractivity contribution >= 4 is 11.5 Å². The van der Waals surface area contributed by atoms with Crippen LogP contribution >= 0.6 is 0 Å². The second-order valence-electron chi connectivity index (χ2n) is 5.69. The number of nitro groups is 1. The van der Waals surface area contributed by atoms with Crippen molar-refractivity contribution in [1.82, 2.24) is 0 Å². The van der Waals surface area contributed by atoms with Gasteiger partial charge in [0, 0.05) is 12.5 Å². The van der Waals surface area contributed by atoms with E-state index < -0.39 is 4.92 Å². The SMILES string of the molecule is COc1ccc([N+](=O)[O-])cc1OC1CC(=O)C12CCCC2. The first-order valence-electron chi connectivity index (χ1n) is 7.09. The van der Waals surface area contributed by atoms with E-state index in [-0.39, 0.29) is 23.0 Å². The quantitative estimate of drug-likeness (QED) is 0.629. The first kappa shape index (κ1) is 13.9. The number of nitrogens with zero attached hydrogens (tertiary/aromatic N) is 1. The van der Waals surface area contributed by atoms with Crippen LogP contribution in [0.15, 0.2) is 18.2 Å². The van der Waals surface area contributed by atoms with Crippen LogP contribution in [0.2, 0.25) is 0 Å². The van der Waals surface area contributed by atoms with Crippen molar-refractivity contribution in [3.63, 3.8) is 0 Å². The summed E-state index contributed by atoms with van der Waals surface area (Å²) in [5.41, 5.74) is -0.410. The molecule has 21 heavy (non-hydrogen) atoms. The van der Waals surface area contributed by atoms with Gasteiger partial charge in [-0.1, -0.05) is 12.8 Å². The van der Waals surface area contributed by atoms with Crippen LogP contribution in [0.3, 0.4) is 0 Å². The van der Waals surface area contributed by atoms with Gasteiger partial charge in [0.1, 0.15) is 11.9 Å². The van der Waals surface area contributed by atoms with E-state index in [2.05, 4.69) is 0 Å². The molecular weight excluding hydrogens is 274 g/mol. The van der Waals surface area contributed by atoms with Gasteiger partial charge in [0.15, 0.2) is 11.5 Å². The largest absolute Gasteiger partial charge is 0.493 e. The second-order valence-corrected chi connectivity index (χ2v) is 5.69. The molecule has 1 spiro atoms. The normalized spacial score (nSPS) is 22.9. The first-order valence-corrected chi connectivity index (χ1v) is 7.09. The van der Waals surface area contributed by atoms with Crippen molar-refractivity contribution < 1.29 is 19.2 Å². The average molecular weight is 291 g/mol. The number of ketones is 1. The zero-order chi connectivity index (χ0) is 15.0. The van der Waals surface area contributed by atoms with Crippen LogP contribution in [0.25, 0.3) is 0 Å². The van der Waals surface area contributed by atoms with Gasteiger partial charge in [-0.05, 0) is 18.9 Å². The fraction of sp³-hybridized carbons (Fsp3) is 0.533. The Kier molecular flexibility index (Phi) is 3.31. The maximum absolute atomic E-state index is 12.0. The zero-order valence-corrected chi connectivity index (χ0v) is 11.8. The molecule has 0 radical (unpaired) electrons. The minimum absolute atomic E-state index is 0.0445. The van der Waals surface area contributed by atoms with E-state index in [0.717, 1.165) is 25.7 Å². The van der Waals surface area contributed by atoms with Crippen molar-refractivity contribution in [2.75, 3.05) is 7.11 Å². The molecule has 2 aliphatic rings. The maximum atomic E-state index is 12.0. The van der Waals surface area contributed by atoms with Crippen molar-refractivity contribution in [3.8, 4) is 11.5 Å². The molecule has 2 fully saturated rings. The molecule has 1 aromatic rings. The number of Topliss-reactive ketones (excluding diaryl/α,β-unsaturated/α-hetero) is 1. The number of carbonyl (C=O) groups excluding carboxylic acids is 1. The van der Waals surface area contributed by atoms with Gasteiger partial charge in [0.05, 0.1) is 23.5 Å². The Bertz CT molecular complexity index is 592. The van der Waals surface area contributed by atoms with E-state index in [9.17, 15) is 14.9 Å². The Labute approximate surface area is 122 Å². The maximum Gasteiger partial charge on any atom is 0.273 e. The van der Waals surface area contributed by atoms with Crippen LogP contribution in [0.4, 0.5) is 5.69 Å². The number of carbonyl (C=O) groups is 1. The summed E-state index contributed by atoms with van der Waals surface area (Å²) in [5.74, 6) is 1.05. The van der Waals surface area contributed by atoms with E-state index in [1.165, 1.54) is 25.3 Å². The van der Waals surface area contributed by atoms with Crippen LogP contribution < -0.4 is 9.47 Å². The molecule has 2 aliphatic carbocycles. The van der Waals surface area contributed by atoms with E-state index >= 15 is 0 Å². The molecule has 0 N–H and O–H groups in total. The first-order chi connectivity index (χ1) is 10.1. The highest BCUT2D eigenvalue weighted by Crippen LogP contribution is 2.52. The number of rotatable bonds is 4. The van der Waals surface area contributed by atoms with Crippen LogP contribution in [-0.2, 0) is 4.79 Å².